The fourth-order valence-corrected chi connectivity index (χ4v) is 3.07. The third-order valence-corrected chi connectivity index (χ3v) is 4.75. The fraction of sp³-hybridized carbons (Fsp3) is 0.722. The quantitative estimate of drug-likeness (QED) is 0.926. The number of hydrogen-bond acceptors (Lipinski definition) is 4. The molecule has 1 saturated heterocycles. The summed E-state index contributed by atoms with van der Waals surface area (Å²) in [4.78, 5) is 16.8. The number of rotatable bonds is 4. The molecule has 1 aromatic heterocycles. The van der Waals surface area contributed by atoms with E-state index in [9.17, 15) is 4.79 Å². The van der Waals surface area contributed by atoms with Crippen molar-refractivity contribution in [3.63, 3.8) is 0 Å². The SMILES string of the molecule is CCN(Cc1cc(C(=O)N2CCC(N)CC2)oc1C)C(C)(C)C. The van der Waals surface area contributed by atoms with Crippen LogP contribution in [0.1, 0.15) is 62.4 Å². The molecule has 0 radical (unpaired) electrons. The molecule has 0 atom stereocenters. The Morgan fingerprint density at radius 3 is 2.52 bits per heavy atom. The molecule has 1 aromatic rings. The zero-order valence-corrected chi connectivity index (χ0v) is 15.2. The van der Waals surface area contributed by atoms with Gasteiger partial charge in [-0.3, -0.25) is 9.69 Å². The van der Waals surface area contributed by atoms with Crippen LogP contribution in [0, 0.1) is 6.92 Å². The minimum atomic E-state index is -0.00921. The second kappa shape index (κ2) is 7.05. The Morgan fingerprint density at radius 1 is 1.39 bits per heavy atom. The second-order valence-electron chi connectivity index (χ2n) is 7.51. The van der Waals surface area contributed by atoms with Crippen LogP contribution < -0.4 is 5.73 Å². The number of amides is 1. The van der Waals surface area contributed by atoms with Gasteiger partial charge in [0.15, 0.2) is 5.76 Å². The molecule has 0 aliphatic carbocycles. The maximum absolute atomic E-state index is 12.6. The Labute approximate surface area is 139 Å². The maximum atomic E-state index is 12.6. The number of carbonyl (C=O) groups is 1. The predicted octanol–water partition coefficient (Wildman–Crippen LogP) is 2.77. The fourth-order valence-electron chi connectivity index (χ4n) is 3.07. The topological polar surface area (TPSA) is 62.7 Å². The van der Waals surface area contributed by atoms with E-state index in [2.05, 4.69) is 32.6 Å². The first-order chi connectivity index (χ1) is 10.7. The number of aryl methyl sites for hydroxylation is 1. The third kappa shape index (κ3) is 4.36. The van der Waals surface area contributed by atoms with Gasteiger partial charge < -0.3 is 15.1 Å². The highest BCUT2D eigenvalue weighted by atomic mass is 16.4. The van der Waals surface area contributed by atoms with Crippen molar-refractivity contribution in [3.8, 4) is 0 Å². The van der Waals surface area contributed by atoms with Gasteiger partial charge in [0.1, 0.15) is 5.76 Å². The summed E-state index contributed by atoms with van der Waals surface area (Å²) >= 11 is 0. The van der Waals surface area contributed by atoms with Crippen LogP contribution >= 0.6 is 0 Å². The Kier molecular flexibility index (Phi) is 5.53. The smallest absolute Gasteiger partial charge is 0.289 e. The van der Waals surface area contributed by atoms with Crippen LogP contribution in [0.2, 0.25) is 0 Å². The van der Waals surface area contributed by atoms with Gasteiger partial charge in [0.05, 0.1) is 0 Å². The Morgan fingerprint density at radius 2 is 2.00 bits per heavy atom. The van der Waals surface area contributed by atoms with Crippen molar-refractivity contribution in [1.29, 1.82) is 0 Å². The van der Waals surface area contributed by atoms with Gasteiger partial charge in [0, 0.05) is 36.8 Å². The van der Waals surface area contributed by atoms with Gasteiger partial charge in [0.2, 0.25) is 0 Å². The van der Waals surface area contributed by atoms with Gasteiger partial charge >= 0.3 is 0 Å². The maximum Gasteiger partial charge on any atom is 0.289 e. The Bertz CT molecular complexity index is 537. The van der Waals surface area contributed by atoms with E-state index >= 15 is 0 Å². The van der Waals surface area contributed by atoms with Crippen molar-refractivity contribution >= 4 is 5.91 Å². The molecule has 2 N–H and O–H groups in total. The summed E-state index contributed by atoms with van der Waals surface area (Å²) < 4.78 is 5.77. The minimum Gasteiger partial charge on any atom is -0.456 e. The first kappa shape index (κ1) is 18.0. The van der Waals surface area contributed by atoms with Gasteiger partial charge in [-0.15, -0.1) is 0 Å². The normalized spacial score (nSPS) is 17.1. The second-order valence-corrected chi connectivity index (χ2v) is 7.51. The molecule has 130 valence electrons. The number of nitrogens with two attached hydrogens (primary N) is 1. The highest BCUT2D eigenvalue weighted by Gasteiger charge is 2.26. The number of hydrogen-bond donors (Lipinski definition) is 1. The van der Waals surface area contributed by atoms with E-state index in [0.29, 0.717) is 5.76 Å². The molecule has 0 bridgehead atoms. The van der Waals surface area contributed by atoms with Gasteiger partial charge in [0.25, 0.3) is 5.91 Å². The van der Waals surface area contributed by atoms with E-state index in [1.54, 1.807) is 0 Å². The predicted molar refractivity (Wildman–Crippen MR) is 92.4 cm³/mol. The molecule has 0 aromatic carbocycles. The Hall–Kier alpha value is -1.33. The van der Waals surface area contributed by atoms with Crippen molar-refractivity contribution < 1.29 is 9.21 Å². The highest BCUT2D eigenvalue weighted by molar-refractivity contribution is 5.91. The molecule has 2 rings (SSSR count). The summed E-state index contributed by atoms with van der Waals surface area (Å²) in [5.74, 6) is 1.28. The molecule has 1 aliphatic rings. The standard InChI is InChI=1S/C18H31N3O2/c1-6-21(18(3,4)5)12-14-11-16(23-13(14)2)17(22)20-9-7-15(19)8-10-20/h11,15H,6-10,12,19H2,1-5H3. The van der Waals surface area contributed by atoms with Gasteiger partial charge in [-0.25, -0.2) is 0 Å². The monoisotopic (exact) mass is 321 g/mol. The molecule has 0 saturated carbocycles. The van der Waals surface area contributed by atoms with Crippen LogP contribution in [-0.4, -0.2) is 46.9 Å². The summed E-state index contributed by atoms with van der Waals surface area (Å²) in [5, 5.41) is 0. The molecule has 2 heterocycles. The van der Waals surface area contributed by atoms with E-state index in [0.717, 1.165) is 50.3 Å². The molecular formula is C18H31N3O2. The molecule has 0 spiro atoms. The van der Waals surface area contributed by atoms with Crippen LogP contribution in [0.25, 0.3) is 0 Å². The summed E-state index contributed by atoms with van der Waals surface area (Å²) in [5.41, 5.74) is 7.09. The van der Waals surface area contributed by atoms with Crippen molar-refractivity contribution in [2.75, 3.05) is 19.6 Å². The van der Waals surface area contributed by atoms with E-state index in [1.165, 1.54) is 0 Å². The number of nitrogens with zero attached hydrogens (tertiary/aromatic N) is 2. The van der Waals surface area contributed by atoms with Gasteiger partial charge in [-0.1, -0.05) is 6.92 Å². The lowest BCUT2D eigenvalue weighted by Crippen LogP contribution is -2.42. The van der Waals surface area contributed by atoms with E-state index in [-0.39, 0.29) is 17.5 Å². The molecule has 5 nitrogen and oxygen atoms in total. The number of likely N-dealkylation sites (tertiary alicyclic amines) is 1. The molecule has 1 amide bonds. The molecular weight excluding hydrogens is 290 g/mol. The van der Waals surface area contributed by atoms with Gasteiger partial charge in [-0.2, -0.15) is 0 Å². The third-order valence-electron chi connectivity index (χ3n) is 4.75. The van der Waals surface area contributed by atoms with Crippen molar-refractivity contribution in [3.05, 3.63) is 23.2 Å². The van der Waals surface area contributed by atoms with Crippen molar-refractivity contribution in [2.24, 2.45) is 5.73 Å². The lowest BCUT2D eigenvalue weighted by molar-refractivity contribution is 0.0681. The largest absolute Gasteiger partial charge is 0.456 e. The summed E-state index contributed by atoms with van der Waals surface area (Å²) in [7, 11) is 0. The first-order valence-electron chi connectivity index (χ1n) is 8.61. The zero-order chi connectivity index (χ0) is 17.2. The van der Waals surface area contributed by atoms with Crippen molar-refractivity contribution in [1.82, 2.24) is 9.80 Å². The summed E-state index contributed by atoms with van der Waals surface area (Å²) in [6, 6.07) is 2.14. The summed E-state index contributed by atoms with van der Waals surface area (Å²) in [6.45, 7) is 13.9. The van der Waals surface area contributed by atoms with Crippen LogP contribution in [0.4, 0.5) is 0 Å². The molecule has 1 aliphatic heterocycles. The first-order valence-corrected chi connectivity index (χ1v) is 8.61. The van der Waals surface area contributed by atoms with E-state index in [1.807, 2.05) is 17.9 Å². The molecule has 0 unspecified atom stereocenters. The average Bonchev–Trinajstić information content (AvgIpc) is 2.84. The zero-order valence-electron chi connectivity index (χ0n) is 15.2. The molecule has 5 heteroatoms. The Balaban J connectivity index is 2.10. The van der Waals surface area contributed by atoms with Crippen LogP contribution in [0.3, 0.4) is 0 Å². The minimum absolute atomic E-state index is 0.00921. The summed E-state index contributed by atoms with van der Waals surface area (Å²) in [6.07, 6.45) is 1.73. The lowest BCUT2D eigenvalue weighted by Gasteiger charge is -2.34. The number of furan rings is 1. The molecule has 23 heavy (non-hydrogen) atoms. The average molecular weight is 321 g/mol. The van der Waals surface area contributed by atoms with Crippen molar-refractivity contribution in [2.45, 2.75) is 65.6 Å². The van der Waals surface area contributed by atoms with E-state index in [4.69, 9.17) is 10.2 Å². The lowest BCUT2D eigenvalue weighted by atomic mass is 10.0. The van der Waals surface area contributed by atoms with Crippen LogP contribution in [0.5, 0.6) is 0 Å². The van der Waals surface area contributed by atoms with Crippen LogP contribution in [0.15, 0.2) is 10.5 Å². The van der Waals surface area contributed by atoms with E-state index < -0.39 is 0 Å². The van der Waals surface area contributed by atoms with Gasteiger partial charge in [-0.05, 0) is 53.1 Å². The number of carbonyl (C=O) groups excluding carboxylic acids is 1. The highest BCUT2D eigenvalue weighted by Crippen LogP contribution is 2.23. The molecule has 1 fully saturated rings. The van der Waals surface area contributed by atoms with Crippen LogP contribution in [-0.2, 0) is 6.54 Å². The number of piperidine rings is 1.